The average Bonchev–Trinajstić information content (AvgIpc) is 2.73. The number of aromatic nitrogens is 1. The summed E-state index contributed by atoms with van der Waals surface area (Å²) in [5, 5.41) is 3.44. The number of halogens is 4. The summed E-state index contributed by atoms with van der Waals surface area (Å²) in [5.41, 5.74) is -0.785. The van der Waals surface area contributed by atoms with Gasteiger partial charge in [-0.1, -0.05) is 35.5 Å². The van der Waals surface area contributed by atoms with Gasteiger partial charge >= 0.3 is 6.18 Å². The number of alkyl halides is 4. The van der Waals surface area contributed by atoms with Crippen molar-refractivity contribution < 1.29 is 17.7 Å². The van der Waals surface area contributed by atoms with Crippen LogP contribution >= 0.6 is 11.6 Å². The summed E-state index contributed by atoms with van der Waals surface area (Å²) < 4.78 is 43.2. The lowest BCUT2D eigenvalue weighted by Crippen LogP contribution is -2.08. The van der Waals surface area contributed by atoms with Gasteiger partial charge in [0.15, 0.2) is 5.76 Å². The van der Waals surface area contributed by atoms with Crippen LogP contribution in [0.4, 0.5) is 13.2 Å². The second-order valence-corrected chi connectivity index (χ2v) is 3.59. The van der Waals surface area contributed by atoms with Gasteiger partial charge in [-0.3, -0.25) is 0 Å². The van der Waals surface area contributed by atoms with Crippen molar-refractivity contribution in [2.75, 3.05) is 0 Å². The van der Waals surface area contributed by atoms with Crippen LogP contribution in [0.25, 0.3) is 11.3 Å². The zero-order valence-corrected chi connectivity index (χ0v) is 9.22. The Kier molecular flexibility index (Phi) is 3.11. The van der Waals surface area contributed by atoms with Crippen LogP contribution in [0.3, 0.4) is 0 Å². The van der Waals surface area contributed by atoms with Gasteiger partial charge in [-0.05, 0) is 0 Å². The van der Waals surface area contributed by atoms with Gasteiger partial charge in [0.2, 0.25) is 0 Å². The summed E-state index contributed by atoms with van der Waals surface area (Å²) in [7, 11) is 0. The molecule has 1 aromatic carbocycles. The van der Waals surface area contributed by atoms with E-state index in [9.17, 15) is 13.2 Å². The standard InChI is InChI=1S/C11H7ClF3NO/c12-6-8-9(11(13,14)15)10(16-17-8)7-4-2-1-3-5-7/h1-5H,6H2. The highest BCUT2D eigenvalue weighted by molar-refractivity contribution is 6.17. The van der Waals surface area contributed by atoms with Gasteiger partial charge in [0.1, 0.15) is 11.3 Å². The van der Waals surface area contributed by atoms with E-state index in [1.54, 1.807) is 18.2 Å². The molecule has 0 aliphatic rings. The fourth-order valence-electron chi connectivity index (χ4n) is 1.50. The Labute approximate surface area is 100.0 Å². The van der Waals surface area contributed by atoms with Gasteiger partial charge in [0.25, 0.3) is 0 Å². The van der Waals surface area contributed by atoms with Gasteiger partial charge in [-0.2, -0.15) is 13.2 Å². The van der Waals surface area contributed by atoms with Crippen LogP contribution in [0.2, 0.25) is 0 Å². The fraction of sp³-hybridized carbons (Fsp3) is 0.182. The number of hydrogen-bond donors (Lipinski definition) is 0. The summed E-state index contributed by atoms with van der Waals surface area (Å²) in [6, 6.07) is 8.03. The average molecular weight is 262 g/mol. The van der Waals surface area contributed by atoms with E-state index in [2.05, 4.69) is 9.68 Å². The van der Waals surface area contributed by atoms with Crippen molar-refractivity contribution in [2.24, 2.45) is 0 Å². The Morgan fingerprint density at radius 1 is 1.18 bits per heavy atom. The largest absolute Gasteiger partial charge is 0.422 e. The molecule has 0 radical (unpaired) electrons. The highest BCUT2D eigenvalue weighted by atomic mass is 35.5. The van der Waals surface area contributed by atoms with Crippen molar-refractivity contribution in [1.82, 2.24) is 5.16 Å². The highest BCUT2D eigenvalue weighted by Crippen LogP contribution is 2.39. The van der Waals surface area contributed by atoms with Crippen molar-refractivity contribution in [3.63, 3.8) is 0 Å². The van der Waals surface area contributed by atoms with Crippen LogP contribution in [0.1, 0.15) is 11.3 Å². The first kappa shape index (κ1) is 12.0. The Balaban J connectivity index is 2.60. The first-order chi connectivity index (χ1) is 8.04. The van der Waals surface area contributed by atoms with Crippen molar-refractivity contribution in [2.45, 2.75) is 12.1 Å². The zero-order chi connectivity index (χ0) is 12.5. The van der Waals surface area contributed by atoms with Crippen LogP contribution in [0.5, 0.6) is 0 Å². The maximum Gasteiger partial charge on any atom is 0.422 e. The summed E-state index contributed by atoms with van der Waals surface area (Å²) >= 11 is 5.41. The Hall–Kier alpha value is -1.49. The smallest absolute Gasteiger partial charge is 0.359 e. The summed E-state index contributed by atoms with van der Waals surface area (Å²) in [6.45, 7) is 0. The Morgan fingerprint density at radius 3 is 2.35 bits per heavy atom. The summed E-state index contributed by atoms with van der Waals surface area (Å²) in [5.74, 6) is -0.729. The number of benzene rings is 1. The highest BCUT2D eigenvalue weighted by Gasteiger charge is 2.40. The molecule has 2 aromatic rings. The van der Waals surface area contributed by atoms with E-state index < -0.39 is 11.7 Å². The van der Waals surface area contributed by atoms with Crippen molar-refractivity contribution in [1.29, 1.82) is 0 Å². The topological polar surface area (TPSA) is 26.0 Å². The second-order valence-electron chi connectivity index (χ2n) is 3.33. The molecule has 0 saturated heterocycles. The number of hydrogen-bond acceptors (Lipinski definition) is 2. The molecule has 0 saturated carbocycles. The van der Waals surface area contributed by atoms with Gasteiger partial charge in [0.05, 0.1) is 5.88 Å². The van der Waals surface area contributed by atoms with Crippen LogP contribution in [-0.4, -0.2) is 5.16 Å². The lowest BCUT2D eigenvalue weighted by molar-refractivity contribution is -0.138. The molecule has 0 bridgehead atoms. The van der Waals surface area contributed by atoms with Crippen LogP contribution in [0, 0.1) is 0 Å². The number of nitrogens with zero attached hydrogens (tertiary/aromatic N) is 1. The van der Waals surface area contributed by atoms with Crippen LogP contribution in [0.15, 0.2) is 34.9 Å². The first-order valence-electron chi connectivity index (χ1n) is 4.71. The number of rotatable bonds is 2. The molecule has 0 atom stereocenters. The maximum atomic E-state index is 12.9. The maximum absolute atomic E-state index is 12.9. The molecule has 6 heteroatoms. The fourth-order valence-corrected chi connectivity index (χ4v) is 1.68. The Bertz CT molecular complexity index is 507. The molecule has 0 N–H and O–H groups in total. The SMILES string of the molecule is FC(F)(F)c1c(-c2ccccc2)noc1CCl. The van der Waals surface area contributed by atoms with E-state index >= 15 is 0 Å². The first-order valence-corrected chi connectivity index (χ1v) is 5.24. The molecule has 0 spiro atoms. The Morgan fingerprint density at radius 2 is 1.82 bits per heavy atom. The van der Waals surface area contributed by atoms with E-state index in [-0.39, 0.29) is 17.3 Å². The van der Waals surface area contributed by atoms with Crippen LogP contribution in [-0.2, 0) is 12.1 Å². The molecule has 0 unspecified atom stereocenters. The summed E-state index contributed by atoms with van der Waals surface area (Å²) in [6.07, 6.45) is -4.53. The molecular formula is C11H7ClF3NO. The van der Waals surface area contributed by atoms with Gasteiger partial charge in [0, 0.05) is 5.56 Å². The predicted molar refractivity (Wildman–Crippen MR) is 56.5 cm³/mol. The van der Waals surface area contributed by atoms with E-state index in [1.807, 2.05) is 0 Å². The lowest BCUT2D eigenvalue weighted by Gasteiger charge is -2.06. The van der Waals surface area contributed by atoms with Crippen molar-refractivity contribution in [3.05, 3.63) is 41.7 Å². The monoisotopic (exact) mass is 261 g/mol. The molecule has 0 fully saturated rings. The second kappa shape index (κ2) is 4.41. The molecule has 2 nitrogen and oxygen atoms in total. The van der Waals surface area contributed by atoms with Gasteiger partial charge in [-0.25, -0.2) is 0 Å². The van der Waals surface area contributed by atoms with Crippen LogP contribution < -0.4 is 0 Å². The van der Waals surface area contributed by atoms with Crippen molar-refractivity contribution >= 4 is 11.6 Å². The summed E-state index contributed by atoms with van der Waals surface area (Å²) in [4.78, 5) is 0. The molecule has 17 heavy (non-hydrogen) atoms. The van der Waals surface area contributed by atoms with Gasteiger partial charge < -0.3 is 4.52 Å². The molecule has 1 heterocycles. The minimum Gasteiger partial charge on any atom is -0.359 e. The van der Waals surface area contributed by atoms with Gasteiger partial charge in [-0.15, -0.1) is 11.6 Å². The molecule has 2 rings (SSSR count). The molecule has 90 valence electrons. The molecule has 0 aliphatic heterocycles. The predicted octanol–water partition coefficient (Wildman–Crippen LogP) is 4.10. The van der Waals surface area contributed by atoms with E-state index in [4.69, 9.17) is 11.6 Å². The van der Waals surface area contributed by atoms with E-state index in [0.29, 0.717) is 5.56 Å². The third-order valence-corrected chi connectivity index (χ3v) is 2.46. The molecule has 1 aromatic heterocycles. The van der Waals surface area contributed by atoms with E-state index in [1.165, 1.54) is 12.1 Å². The quantitative estimate of drug-likeness (QED) is 0.761. The normalized spacial score (nSPS) is 11.8. The molecule has 0 aliphatic carbocycles. The van der Waals surface area contributed by atoms with Crippen molar-refractivity contribution in [3.8, 4) is 11.3 Å². The third-order valence-electron chi connectivity index (χ3n) is 2.21. The lowest BCUT2D eigenvalue weighted by atomic mass is 10.1. The minimum absolute atomic E-state index is 0.228. The van der Waals surface area contributed by atoms with E-state index in [0.717, 1.165) is 0 Å². The molecule has 0 amide bonds. The zero-order valence-electron chi connectivity index (χ0n) is 8.46. The third kappa shape index (κ3) is 2.29. The minimum atomic E-state index is -4.53. The molecular weight excluding hydrogens is 255 g/mol.